The van der Waals surface area contributed by atoms with Gasteiger partial charge in [0, 0.05) is 6.07 Å². The third-order valence-electron chi connectivity index (χ3n) is 2.30. The highest BCUT2D eigenvalue weighted by Gasteiger charge is 2.22. The Morgan fingerprint density at radius 3 is 3.00 bits per heavy atom. The summed E-state index contributed by atoms with van der Waals surface area (Å²) in [5.41, 5.74) is 0.432. The van der Waals surface area contributed by atoms with Gasteiger partial charge in [-0.15, -0.1) is 0 Å². The van der Waals surface area contributed by atoms with Crippen molar-refractivity contribution in [1.29, 1.82) is 0 Å². The lowest BCUT2D eigenvalue weighted by Gasteiger charge is -2.11. The lowest BCUT2D eigenvalue weighted by Crippen LogP contribution is -2.22. The minimum absolute atomic E-state index is 0.146. The average molecular weight is 241 g/mol. The molecule has 0 saturated carbocycles. The highest BCUT2D eigenvalue weighted by Crippen LogP contribution is 2.17. The molecule has 1 saturated heterocycles. The van der Waals surface area contributed by atoms with Crippen molar-refractivity contribution in [3.05, 3.63) is 29.6 Å². The van der Waals surface area contributed by atoms with Crippen LogP contribution in [0.2, 0.25) is 0 Å². The van der Waals surface area contributed by atoms with Gasteiger partial charge in [-0.25, -0.2) is 9.18 Å². The van der Waals surface area contributed by atoms with Crippen LogP contribution >= 0.6 is 0 Å². The zero-order chi connectivity index (χ0) is 12.3. The molecule has 0 radical (unpaired) electrons. The number of ether oxygens (including phenoxy) is 2. The van der Waals surface area contributed by atoms with Gasteiger partial charge in [-0.3, -0.25) is 0 Å². The molecule has 0 aromatic heterocycles. The van der Waals surface area contributed by atoms with Crippen LogP contribution in [0.4, 0.5) is 9.18 Å². The molecule has 1 fully saturated rings. The van der Waals surface area contributed by atoms with E-state index in [4.69, 9.17) is 14.6 Å². The van der Waals surface area contributed by atoms with Crippen molar-refractivity contribution in [2.45, 2.75) is 12.7 Å². The second-order valence-corrected chi connectivity index (χ2v) is 3.67. The van der Waals surface area contributed by atoms with Gasteiger partial charge in [-0.05, 0) is 17.7 Å². The highest BCUT2D eigenvalue weighted by atomic mass is 19.1. The Bertz CT molecular complexity index is 424. The van der Waals surface area contributed by atoms with E-state index in [1.54, 1.807) is 0 Å². The number of aliphatic hydroxyl groups is 1. The third kappa shape index (κ3) is 3.07. The van der Waals surface area contributed by atoms with Gasteiger partial charge < -0.3 is 19.9 Å². The van der Waals surface area contributed by atoms with E-state index >= 15 is 0 Å². The lowest BCUT2D eigenvalue weighted by molar-refractivity contribution is 0.104. The first-order chi connectivity index (χ1) is 8.17. The summed E-state index contributed by atoms with van der Waals surface area (Å²) in [4.78, 5) is 10.7. The molecule has 92 valence electrons. The normalized spacial score (nSPS) is 18.7. The van der Waals surface area contributed by atoms with Gasteiger partial charge in [0.1, 0.15) is 18.2 Å². The third-order valence-corrected chi connectivity index (χ3v) is 2.30. The molecule has 1 aliphatic rings. The van der Waals surface area contributed by atoms with E-state index in [-0.39, 0.29) is 19.3 Å². The number of halogens is 1. The Morgan fingerprint density at radius 2 is 2.35 bits per heavy atom. The van der Waals surface area contributed by atoms with Crippen LogP contribution in [0.1, 0.15) is 5.56 Å². The number of hydrogen-bond donors (Lipinski definition) is 2. The monoisotopic (exact) mass is 241 g/mol. The van der Waals surface area contributed by atoms with Gasteiger partial charge in [0.25, 0.3) is 0 Å². The molecule has 0 spiro atoms. The number of amides is 1. The van der Waals surface area contributed by atoms with Gasteiger partial charge >= 0.3 is 6.09 Å². The van der Waals surface area contributed by atoms with E-state index in [0.717, 1.165) is 0 Å². The fraction of sp³-hybridized carbons (Fsp3) is 0.364. The molecule has 2 N–H and O–H groups in total. The number of aliphatic hydroxyl groups excluding tert-OH is 1. The lowest BCUT2D eigenvalue weighted by atomic mass is 10.2. The summed E-state index contributed by atoms with van der Waals surface area (Å²) < 4.78 is 23.2. The predicted octanol–water partition coefficient (Wildman–Crippen LogP) is 0.805. The number of alkyl carbamates (subject to hydrolysis) is 1. The molecule has 1 unspecified atom stereocenters. The van der Waals surface area contributed by atoms with Crippen molar-refractivity contribution in [2.75, 3.05) is 13.2 Å². The molecule has 1 aromatic rings. The minimum Gasteiger partial charge on any atom is -0.490 e. The molecule has 1 heterocycles. The largest absolute Gasteiger partial charge is 0.490 e. The van der Waals surface area contributed by atoms with Crippen molar-refractivity contribution in [1.82, 2.24) is 5.32 Å². The van der Waals surface area contributed by atoms with Crippen molar-refractivity contribution < 1.29 is 23.8 Å². The molecule has 1 atom stereocenters. The van der Waals surface area contributed by atoms with E-state index < -0.39 is 11.9 Å². The molecule has 0 aliphatic carbocycles. The van der Waals surface area contributed by atoms with Crippen LogP contribution in [0.25, 0.3) is 0 Å². The summed E-state index contributed by atoms with van der Waals surface area (Å²) in [7, 11) is 0. The van der Waals surface area contributed by atoms with Crippen molar-refractivity contribution in [3.63, 3.8) is 0 Å². The molecular formula is C11H12FNO4. The van der Waals surface area contributed by atoms with E-state index in [1.165, 1.54) is 18.2 Å². The zero-order valence-electron chi connectivity index (χ0n) is 8.98. The summed E-state index contributed by atoms with van der Waals surface area (Å²) >= 11 is 0. The molecule has 2 rings (SSSR count). The first kappa shape index (κ1) is 11.7. The van der Waals surface area contributed by atoms with Crippen molar-refractivity contribution >= 4 is 6.09 Å². The number of carbonyl (C=O) groups excluding carboxylic acids is 1. The predicted molar refractivity (Wildman–Crippen MR) is 56.1 cm³/mol. The van der Waals surface area contributed by atoms with Gasteiger partial charge in [-0.2, -0.15) is 0 Å². The highest BCUT2D eigenvalue weighted by molar-refractivity contribution is 5.69. The second-order valence-electron chi connectivity index (χ2n) is 3.67. The van der Waals surface area contributed by atoms with Crippen LogP contribution in [0.5, 0.6) is 5.75 Å². The topological polar surface area (TPSA) is 67.8 Å². The van der Waals surface area contributed by atoms with Crippen LogP contribution in [-0.2, 0) is 11.3 Å². The van der Waals surface area contributed by atoms with Gasteiger partial charge in [0.05, 0.1) is 13.2 Å². The van der Waals surface area contributed by atoms with Crippen molar-refractivity contribution in [3.8, 4) is 5.75 Å². The Kier molecular flexibility index (Phi) is 3.43. The SMILES string of the molecule is O=C1NCC(COc2cc(F)cc(CO)c2)O1. The van der Waals surface area contributed by atoms with E-state index in [9.17, 15) is 9.18 Å². The number of rotatable bonds is 4. The number of carbonyl (C=O) groups is 1. The Hall–Kier alpha value is -1.82. The standard InChI is InChI=1S/C11H12FNO4/c12-8-1-7(5-14)2-9(3-8)16-6-10-4-13-11(15)17-10/h1-3,10,14H,4-6H2,(H,13,15). The average Bonchev–Trinajstić information content (AvgIpc) is 2.72. The Morgan fingerprint density at radius 1 is 1.53 bits per heavy atom. The second kappa shape index (κ2) is 5.01. The van der Waals surface area contributed by atoms with Crippen molar-refractivity contribution in [2.24, 2.45) is 0 Å². The summed E-state index contributed by atoms with van der Waals surface area (Å²) in [5, 5.41) is 11.4. The fourth-order valence-corrected chi connectivity index (χ4v) is 1.51. The summed E-state index contributed by atoms with van der Waals surface area (Å²) in [6.07, 6.45) is -0.850. The summed E-state index contributed by atoms with van der Waals surface area (Å²) in [6, 6.07) is 3.97. The maximum atomic E-state index is 13.1. The maximum absolute atomic E-state index is 13.1. The van der Waals surface area contributed by atoms with Crippen LogP contribution in [0, 0.1) is 5.82 Å². The van der Waals surface area contributed by atoms with Crippen LogP contribution < -0.4 is 10.1 Å². The first-order valence-corrected chi connectivity index (χ1v) is 5.15. The molecule has 5 nitrogen and oxygen atoms in total. The van der Waals surface area contributed by atoms with E-state index in [2.05, 4.69) is 5.32 Å². The molecule has 1 aliphatic heterocycles. The molecule has 1 aromatic carbocycles. The van der Waals surface area contributed by atoms with Crippen LogP contribution in [0.15, 0.2) is 18.2 Å². The van der Waals surface area contributed by atoms with Gasteiger partial charge in [0.15, 0.2) is 6.10 Å². The first-order valence-electron chi connectivity index (χ1n) is 5.15. The van der Waals surface area contributed by atoms with Crippen LogP contribution in [0.3, 0.4) is 0 Å². The Labute approximate surface area is 97.1 Å². The van der Waals surface area contributed by atoms with E-state index in [1.807, 2.05) is 0 Å². The molecule has 6 heteroatoms. The number of hydrogen-bond acceptors (Lipinski definition) is 4. The number of nitrogens with one attached hydrogen (secondary N) is 1. The molecule has 17 heavy (non-hydrogen) atoms. The van der Waals surface area contributed by atoms with Gasteiger partial charge in [0.2, 0.25) is 0 Å². The van der Waals surface area contributed by atoms with Gasteiger partial charge in [-0.1, -0.05) is 0 Å². The molecule has 0 bridgehead atoms. The quantitative estimate of drug-likeness (QED) is 0.818. The maximum Gasteiger partial charge on any atom is 0.407 e. The van der Waals surface area contributed by atoms with Crippen LogP contribution in [-0.4, -0.2) is 30.5 Å². The fourth-order valence-electron chi connectivity index (χ4n) is 1.51. The Balaban J connectivity index is 1.94. The summed E-state index contributed by atoms with van der Waals surface area (Å²) in [5.74, 6) is -0.176. The minimum atomic E-state index is -0.479. The molecular weight excluding hydrogens is 229 g/mol. The number of cyclic esters (lactones) is 1. The zero-order valence-corrected chi connectivity index (χ0v) is 8.98. The summed E-state index contributed by atoms with van der Waals surface area (Å²) in [6.45, 7) is 0.266. The molecule has 1 amide bonds. The smallest absolute Gasteiger partial charge is 0.407 e. The van der Waals surface area contributed by atoms with E-state index in [0.29, 0.717) is 17.9 Å². The number of benzene rings is 1.